The molecular formula is C22H23N5O2. The third-order valence-electron chi connectivity index (χ3n) is 4.41. The number of benzene rings is 1. The fourth-order valence-corrected chi connectivity index (χ4v) is 2.96. The Morgan fingerprint density at radius 3 is 2.62 bits per heavy atom. The van der Waals surface area contributed by atoms with Gasteiger partial charge < -0.3 is 21.2 Å². The van der Waals surface area contributed by atoms with Gasteiger partial charge >= 0.3 is 5.97 Å². The zero-order valence-electron chi connectivity index (χ0n) is 16.6. The van der Waals surface area contributed by atoms with Gasteiger partial charge in [0.2, 0.25) is 0 Å². The van der Waals surface area contributed by atoms with Crippen LogP contribution in [-0.4, -0.2) is 29.3 Å². The zero-order valence-corrected chi connectivity index (χ0v) is 16.6. The van der Waals surface area contributed by atoms with Crippen LogP contribution in [0.1, 0.15) is 40.3 Å². The molecule has 0 bridgehead atoms. The molecule has 4 N–H and O–H groups in total. The molecule has 2 aromatic heterocycles. The van der Waals surface area contributed by atoms with Gasteiger partial charge in [-0.25, -0.2) is 9.78 Å². The predicted molar refractivity (Wildman–Crippen MR) is 114 cm³/mol. The van der Waals surface area contributed by atoms with Crippen LogP contribution in [0.25, 0.3) is 11.3 Å². The average molecular weight is 389 g/mol. The number of rotatable bonds is 6. The van der Waals surface area contributed by atoms with Crippen molar-refractivity contribution in [3.05, 3.63) is 71.0 Å². The minimum atomic E-state index is -0.533. The Morgan fingerprint density at radius 2 is 1.97 bits per heavy atom. The Morgan fingerprint density at radius 1 is 1.21 bits per heavy atom. The first kappa shape index (κ1) is 20.2. The topological polar surface area (TPSA) is 114 Å². The predicted octanol–water partition coefficient (Wildman–Crippen LogP) is 4.00. The van der Waals surface area contributed by atoms with Crippen LogP contribution in [0.15, 0.2) is 48.5 Å². The van der Waals surface area contributed by atoms with Gasteiger partial charge in [-0.1, -0.05) is 12.1 Å². The Balaban J connectivity index is 2.18. The van der Waals surface area contributed by atoms with Crippen molar-refractivity contribution in [3.8, 4) is 11.3 Å². The van der Waals surface area contributed by atoms with E-state index in [2.05, 4.69) is 15.3 Å². The van der Waals surface area contributed by atoms with Crippen molar-refractivity contribution in [1.82, 2.24) is 9.97 Å². The van der Waals surface area contributed by atoms with Crippen molar-refractivity contribution >= 4 is 23.7 Å². The highest BCUT2D eigenvalue weighted by molar-refractivity contribution is 6.04. The third kappa shape index (κ3) is 4.47. The second-order valence-electron chi connectivity index (χ2n) is 6.65. The molecule has 3 aromatic rings. The van der Waals surface area contributed by atoms with Crippen LogP contribution in [-0.2, 0) is 4.74 Å². The summed E-state index contributed by atoms with van der Waals surface area (Å²) in [5.41, 5.74) is 10.2. The molecule has 7 heteroatoms. The molecule has 0 saturated carbocycles. The Hall–Kier alpha value is -3.58. The minimum absolute atomic E-state index is 0.218. The van der Waals surface area contributed by atoms with E-state index in [1.54, 1.807) is 6.07 Å². The number of carbonyl (C=O) groups is 1. The largest absolute Gasteiger partial charge is 0.465 e. The molecule has 0 radical (unpaired) electrons. The molecule has 0 aliphatic heterocycles. The standard InChI is InChI=1S/C22H23N5O2/c1-13-6-4-9-21(25-13)27-20-11-15(10-16(17(20)12-23)22(28)29-3)19-8-5-7-18(26-19)14(2)24/h4-12,14,23H,24H2,1-3H3,(H,25,27). The highest BCUT2D eigenvalue weighted by Gasteiger charge is 2.18. The molecule has 0 aliphatic carbocycles. The maximum atomic E-state index is 12.4. The molecule has 0 amide bonds. The smallest absolute Gasteiger partial charge is 0.338 e. The van der Waals surface area contributed by atoms with Gasteiger partial charge in [0.1, 0.15) is 5.82 Å². The van der Waals surface area contributed by atoms with Crippen molar-refractivity contribution in [2.24, 2.45) is 5.73 Å². The number of hydrogen-bond donors (Lipinski definition) is 3. The number of anilines is 2. The van der Waals surface area contributed by atoms with E-state index < -0.39 is 5.97 Å². The average Bonchev–Trinajstić information content (AvgIpc) is 2.72. The number of methoxy groups -OCH3 is 1. The lowest BCUT2D eigenvalue weighted by Crippen LogP contribution is -2.10. The zero-order chi connectivity index (χ0) is 21.0. The number of aryl methyl sites for hydroxylation is 1. The van der Waals surface area contributed by atoms with E-state index in [-0.39, 0.29) is 11.6 Å². The number of nitrogens with two attached hydrogens (primary N) is 1. The number of pyridine rings is 2. The van der Waals surface area contributed by atoms with E-state index in [4.69, 9.17) is 15.9 Å². The SMILES string of the molecule is COC(=O)c1cc(-c2cccc(C(C)N)n2)cc(Nc2cccc(C)n2)c1C=N. The highest BCUT2D eigenvalue weighted by Crippen LogP contribution is 2.30. The van der Waals surface area contributed by atoms with E-state index in [0.29, 0.717) is 28.3 Å². The van der Waals surface area contributed by atoms with Gasteiger partial charge in [-0.2, -0.15) is 0 Å². The molecule has 29 heavy (non-hydrogen) atoms. The Bertz CT molecular complexity index is 1060. The van der Waals surface area contributed by atoms with Crippen LogP contribution in [0.2, 0.25) is 0 Å². The van der Waals surface area contributed by atoms with E-state index in [9.17, 15) is 4.79 Å². The van der Waals surface area contributed by atoms with E-state index in [0.717, 1.165) is 17.6 Å². The number of nitrogens with one attached hydrogen (secondary N) is 2. The number of nitrogens with zero attached hydrogens (tertiary/aromatic N) is 2. The van der Waals surface area contributed by atoms with Gasteiger partial charge in [-0.05, 0) is 50.2 Å². The van der Waals surface area contributed by atoms with E-state index >= 15 is 0 Å². The summed E-state index contributed by atoms with van der Waals surface area (Å²) in [4.78, 5) is 21.5. The Kier molecular flexibility index (Phi) is 5.99. The summed E-state index contributed by atoms with van der Waals surface area (Å²) in [5, 5.41) is 11.1. The highest BCUT2D eigenvalue weighted by atomic mass is 16.5. The van der Waals surface area contributed by atoms with Crippen molar-refractivity contribution < 1.29 is 9.53 Å². The fourth-order valence-electron chi connectivity index (χ4n) is 2.96. The van der Waals surface area contributed by atoms with Crippen LogP contribution < -0.4 is 11.1 Å². The van der Waals surface area contributed by atoms with Crippen LogP contribution in [0.5, 0.6) is 0 Å². The molecule has 1 aromatic carbocycles. The van der Waals surface area contributed by atoms with E-state index in [1.165, 1.54) is 7.11 Å². The molecule has 0 aliphatic rings. The molecule has 1 atom stereocenters. The number of ether oxygens (including phenoxy) is 1. The van der Waals surface area contributed by atoms with Crippen LogP contribution >= 0.6 is 0 Å². The summed E-state index contributed by atoms with van der Waals surface area (Å²) < 4.78 is 4.93. The number of esters is 1. The van der Waals surface area contributed by atoms with Crippen LogP contribution in [0, 0.1) is 12.3 Å². The summed E-state index contributed by atoms with van der Waals surface area (Å²) in [6.45, 7) is 3.75. The van der Waals surface area contributed by atoms with E-state index in [1.807, 2.05) is 56.3 Å². The first-order valence-electron chi connectivity index (χ1n) is 9.13. The maximum Gasteiger partial charge on any atom is 0.338 e. The normalized spacial score (nSPS) is 11.6. The number of hydrogen-bond acceptors (Lipinski definition) is 7. The van der Waals surface area contributed by atoms with Gasteiger partial charge in [-0.3, -0.25) is 4.98 Å². The second-order valence-corrected chi connectivity index (χ2v) is 6.65. The molecule has 148 valence electrons. The molecule has 0 saturated heterocycles. The first-order chi connectivity index (χ1) is 13.9. The summed E-state index contributed by atoms with van der Waals surface area (Å²) in [5.74, 6) is 0.0762. The number of carbonyl (C=O) groups excluding carboxylic acids is 1. The molecule has 2 heterocycles. The number of aromatic nitrogens is 2. The molecule has 0 fully saturated rings. The third-order valence-corrected chi connectivity index (χ3v) is 4.41. The summed E-state index contributed by atoms with van der Waals surface area (Å²) in [6.07, 6.45) is 1.12. The maximum absolute atomic E-state index is 12.4. The van der Waals surface area contributed by atoms with Crippen LogP contribution in [0.4, 0.5) is 11.5 Å². The van der Waals surface area contributed by atoms with Crippen molar-refractivity contribution in [2.45, 2.75) is 19.9 Å². The summed E-state index contributed by atoms with van der Waals surface area (Å²) in [7, 11) is 1.31. The molecule has 3 rings (SSSR count). The van der Waals surface area contributed by atoms with Gasteiger partial charge in [0.15, 0.2) is 0 Å². The lowest BCUT2D eigenvalue weighted by atomic mass is 9.99. The molecular weight excluding hydrogens is 366 g/mol. The monoisotopic (exact) mass is 389 g/mol. The second kappa shape index (κ2) is 8.62. The Labute approximate surface area is 169 Å². The summed E-state index contributed by atoms with van der Waals surface area (Å²) in [6, 6.07) is 14.5. The van der Waals surface area contributed by atoms with Crippen molar-refractivity contribution in [2.75, 3.05) is 12.4 Å². The van der Waals surface area contributed by atoms with Gasteiger partial charge in [0.25, 0.3) is 0 Å². The first-order valence-corrected chi connectivity index (χ1v) is 9.13. The van der Waals surface area contributed by atoms with Crippen molar-refractivity contribution in [3.63, 3.8) is 0 Å². The molecule has 0 spiro atoms. The molecule has 7 nitrogen and oxygen atoms in total. The van der Waals surface area contributed by atoms with Gasteiger partial charge in [0, 0.05) is 34.8 Å². The van der Waals surface area contributed by atoms with Gasteiger partial charge in [-0.15, -0.1) is 0 Å². The quantitative estimate of drug-likeness (QED) is 0.434. The van der Waals surface area contributed by atoms with Gasteiger partial charge in [0.05, 0.1) is 24.1 Å². The molecule has 1 unspecified atom stereocenters. The fraction of sp³-hybridized carbons (Fsp3) is 0.182. The lowest BCUT2D eigenvalue weighted by Gasteiger charge is -2.15. The minimum Gasteiger partial charge on any atom is -0.465 e. The summed E-state index contributed by atoms with van der Waals surface area (Å²) >= 11 is 0. The van der Waals surface area contributed by atoms with Crippen LogP contribution in [0.3, 0.4) is 0 Å². The van der Waals surface area contributed by atoms with Crippen molar-refractivity contribution in [1.29, 1.82) is 5.41 Å². The lowest BCUT2D eigenvalue weighted by molar-refractivity contribution is 0.0600.